The number of carbonyl (C=O) groups is 1. The zero-order valence-corrected chi connectivity index (χ0v) is 12.0. The Hall–Kier alpha value is -1.87. The molecule has 0 fully saturated rings. The summed E-state index contributed by atoms with van der Waals surface area (Å²) in [5.74, 6) is -0.704. The molecule has 106 valence electrons. The second-order valence-corrected chi connectivity index (χ2v) is 6.91. The number of aromatic amines is 1. The van der Waals surface area contributed by atoms with Crippen molar-refractivity contribution >= 4 is 27.6 Å². The monoisotopic (exact) mass is 313 g/mol. The molecular formula is C11H11N3O4S2. The van der Waals surface area contributed by atoms with Gasteiger partial charge in [-0.2, -0.15) is 0 Å². The number of nitrogens with zero attached hydrogens (tertiary/aromatic N) is 2. The highest BCUT2D eigenvalue weighted by atomic mass is 32.2. The Morgan fingerprint density at radius 1 is 1.45 bits per heavy atom. The average Bonchev–Trinajstić information content (AvgIpc) is 2.84. The number of benzene rings is 1. The largest absolute Gasteiger partial charge is 0.481 e. The van der Waals surface area contributed by atoms with E-state index in [2.05, 4.69) is 15.2 Å². The number of nitrogens with one attached hydrogen (secondary N) is 1. The number of aliphatic carboxylic acids is 1. The minimum atomic E-state index is -3.29. The summed E-state index contributed by atoms with van der Waals surface area (Å²) in [6.45, 7) is 0. The van der Waals surface area contributed by atoms with Crippen LogP contribution in [0.3, 0.4) is 0 Å². The SMILES string of the molecule is CS(=O)(=O)c1cccc(-c2nc(SCC(=O)O)n[nH]2)c1. The Morgan fingerprint density at radius 2 is 2.20 bits per heavy atom. The van der Waals surface area contributed by atoms with Crippen LogP contribution >= 0.6 is 11.8 Å². The summed E-state index contributed by atoms with van der Waals surface area (Å²) in [6, 6.07) is 6.29. The fourth-order valence-corrected chi connectivity index (χ4v) is 2.63. The highest BCUT2D eigenvalue weighted by Gasteiger charge is 2.11. The van der Waals surface area contributed by atoms with Gasteiger partial charge in [0.05, 0.1) is 10.6 Å². The number of carboxylic acids is 1. The Morgan fingerprint density at radius 3 is 2.85 bits per heavy atom. The Kier molecular flexibility index (Phi) is 4.09. The van der Waals surface area contributed by atoms with Gasteiger partial charge in [-0.3, -0.25) is 9.89 Å². The van der Waals surface area contributed by atoms with E-state index in [1.807, 2.05) is 0 Å². The van der Waals surface area contributed by atoms with Crippen LogP contribution in [-0.4, -0.2) is 46.7 Å². The van der Waals surface area contributed by atoms with Crippen LogP contribution in [0.2, 0.25) is 0 Å². The van der Waals surface area contributed by atoms with Crippen LogP contribution in [-0.2, 0) is 14.6 Å². The second-order valence-electron chi connectivity index (χ2n) is 3.95. The third kappa shape index (κ3) is 3.58. The molecule has 0 radical (unpaired) electrons. The molecule has 0 unspecified atom stereocenters. The molecule has 1 heterocycles. The van der Waals surface area contributed by atoms with Crippen LogP contribution in [0.1, 0.15) is 0 Å². The summed E-state index contributed by atoms with van der Waals surface area (Å²) in [6.07, 6.45) is 1.13. The van der Waals surface area contributed by atoms with Crippen molar-refractivity contribution in [3.63, 3.8) is 0 Å². The predicted octanol–water partition coefficient (Wildman–Crippen LogP) is 1.05. The smallest absolute Gasteiger partial charge is 0.313 e. The molecule has 0 saturated heterocycles. The first kappa shape index (κ1) is 14.5. The standard InChI is InChI=1S/C11H11N3O4S2/c1-20(17,18)8-4-2-3-7(5-8)10-12-11(14-13-10)19-6-9(15)16/h2-5H,6H2,1H3,(H,15,16)(H,12,13,14). The van der Waals surface area contributed by atoms with Crippen molar-refractivity contribution < 1.29 is 18.3 Å². The van der Waals surface area contributed by atoms with Gasteiger partial charge in [0.1, 0.15) is 0 Å². The highest BCUT2D eigenvalue weighted by Crippen LogP contribution is 2.21. The molecule has 0 aliphatic carbocycles. The number of hydrogen-bond acceptors (Lipinski definition) is 6. The minimum Gasteiger partial charge on any atom is -0.481 e. The number of sulfone groups is 1. The lowest BCUT2D eigenvalue weighted by Crippen LogP contribution is -1.98. The third-order valence-electron chi connectivity index (χ3n) is 2.33. The van der Waals surface area contributed by atoms with Crippen molar-refractivity contribution in [2.24, 2.45) is 0 Å². The lowest BCUT2D eigenvalue weighted by molar-refractivity contribution is -0.133. The van der Waals surface area contributed by atoms with E-state index in [1.165, 1.54) is 12.1 Å². The Labute approximate surface area is 119 Å². The first-order valence-corrected chi connectivity index (χ1v) is 8.31. The minimum absolute atomic E-state index is 0.138. The first-order valence-electron chi connectivity index (χ1n) is 5.44. The van der Waals surface area contributed by atoms with Gasteiger partial charge in [-0.05, 0) is 12.1 Å². The summed E-state index contributed by atoms with van der Waals surface area (Å²) in [7, 11) is -3.29. The van der Waals surface area contributed by atoms with Crippen molar-refractivity contribution in [3.8, 4) is 11.4 Å². The van der Waals surface area contributed by atoms with Crippen LogP contribution in [0.15, 0.2) is 34.3 Å². The number of carboxylic acid groups (broad SMARTS) is 1. The topological polar surface area (TPSA) is 113 Å². The van der Waals surface area contributed by atoms with Gasteiger partial charge in [-0.25, -0.2) is 13.4 Å². The van der Waals surface area contributed by atoms with Gasteiger partial charge in [0.25, 0.3) is 0 Å². The zero-order chi connectivity index (χ0) is 14.8. The molecule has 7 nitrogen and oxygen atoms in total. The van der Waals surface area contributed by atoms with Crippen LogP contribution in [0.5, 0.6) is 0 Å². The molecule has 1 aromatic carbocycles. The van der Waals surface area contributed by atoms with Crippen molar-refractivity contribution in [3.05, 3.63) is 24.3 Å². The third-order valence-corrected chi connectivity index (χ3v) is 4.27. The maximum absolute atomic E-state index is 11.5. The predicted molar refractivity (Wildman–Crippen MR) is 73.3 cm³/mol. The van der Waals surface area contributed by atoms with E-state index >= 15 is 0 Å². The van der Waals surface area contributed by atoms with Gasteiger partial charge >= 0.3 is 5.97 Å². The fourth-order valence-electron chi connectivity index (χ4n) is 1.44. The van der Waals surface area contributed by atoms with Crippen LogP contribution in [0, 0.1) is 0 Å². The zero-order valence-electron chi connectivity index (χ0n) is 10.4. The summed E-state index contributed by atoms with van der Waals surface area (Å²) < 4.78 is 23.0. The van der Waals surface area contributed by atoms with Gasteiger partial charge in [-0.1, -0.05) is 23.9 Å². The summed E-state index contributed by atoms with van der Waals surface area (Å²) in [4.78, 5) is 14.8. The maximum Gasteiger partial charge on any atom is 0.313 e. The number of rotatable bonds is 5. The van der Waals surface area contributed by atoms with Crippen molar-refractivity contribution in [1.29, 1.82) is 0 Å². The lowest BCUT2D eigenvalue weighted by atomic mass is 10.2. The molecular weight excluding hydrogens is 302 g/mol. The molecule has 2 aromatic rings. The molecule has 1 aromatic heterocycles. The summed E-state index contributed by atoms with van der Waals surface area (Å²) >= 11 is 0.983. The molecule has 0 aliphatic rings. The molecule has 0 spiro atoms. The molecule has 20 heavy (non-hydrogen) atoms. The summed E-state index contributed by atoms with van der Waals surface area (Å²) in [5.41, 5.74) is 0.572. The van der Waals surface area contributed by atoms with Gasteiger partial charge in [0, 0.05) is 11.8 Å². The van der Waals surface area contributed by atoms with Crippen LogP contribution in [0.4, 0.5) is 0 Å². The van der Waals surface area contributed by atoms with Crippen LogP contribution in [0.25, 0.3) is 11.4 Å². The maximum atomic E-state index is 11.5. The normalized spacial score (nSPS) is 11.4. The molecule has 0 atom stereocenters. The number of thioether (sulfide) groups is 1. The van der Waals surface area contributed by atoms with E-state index in [-0.39, 0.29) is 10.6 Å². The molecule has 2 rings (SSSR count). The van der Waals surface area contributed by atoms with E-state index in [4.69, 9.17) is 5.11 Å². The first-order chi connectivity index (χ1) is 9.36. The van der Waals surface area contributed by atoms with Crippen molar-refractivity contribution in [1.82, 2.24) is 15.2 Å². The highest BCUT2D eigenvalue weighted by molar-refractivity contribution is 7.99. The Bertz CT molecular complexity index is 740. The van der Waals surface area contributed by atoms with E-state index < -0.39 is 15.8 Å². The number of H-pyrrole nitrogens is 1. The molecule has 0 saturated carbocycles. The van der Waals surface area contributed by atoms with Gasteiger partial charge < -0.3 is 5.11 Å². The average molecular weight is 313 g/mol. The Balaban J connectivity index is 2.26. The quantitative estimate of drug-likeness (QED) is 0.793. The number of aromatic nitrogens is 3. The fraction of sp³-hybridized carbons (Fsp3) is 0.182. The van der Waals surface area contributed by atoms with E-state index in [0.717, 1.165) is 18.0 Å². The molecule has 2 N–H and O–H groups in total. The van der Waals surface area contributed by atoms with Crippen LogP contribution < -0.4 is 0 Å². The molecule has 0 aliphatic heterocycles. The van der Waals surface area contributed by atoms with Gasteiger partial charge in [-0.15, -0.1) is 5.10 Å². The van der Waals surface area contributed by atoms with E-state index in [0.29, 0.717) is 16.5 Å². The number of hydrogen-bond donors (Lipinski definition) is 2. The molecule has 9 heteroatoms. The van der Waals surface area contributed by atoms with E-state index in [9.17, 15) is 13.2 Å². The van der Waals surface area contributed by atoms with Gasteiger partial charge in [0.2, 0.25) is 5.16 Å². The second kappa shape index (κ2) is 5.63. The summed E-state index contributed by atoms with van der Waals surface area (Å²) in [5, 5.41) is 15.4. The van der Waals surface area contributed by atoms with E-state index in [1.54, 1.807) is 12.1 Å². The van der Waals surface area contributed by atoms with Crippen molar-refractivity contribution in [2.45, 2.75) is 10.1 Å². The van der Waals surface area contributed by atoms with Gasteiger partial charge in [0.15, 0.2) is 15.7 Å². The molecule has 0 bridgehead atoms. The molecule has 0 amide bonds. The van der Waals surface area contributed by atoms with Crippen molar-refractivity contribution in [2.75, 3.05) is 12.0 Å². The lowest BCUT2D eigenvalue weighted by Gasteiger charge is -2.00.